The number of nitrogens with one attached hydrogen (secondary N) is 2. The van der Waals surface area contributed by atoms with Gasteiger partial charge in [-0.2, -0.15) is 5.10 Å². The van der Waals surface area contributed by atoms with E-state index >= 15 is 0 Å². The third-order valence-electron chi connectivity index (χ3n) is 5.34. The molecule has 0 saturated carbocycles. The van der Waals surface area contributed by atoms with Gasteiger partial charge in [-0.25, -0.2) is 18.6 Å². The van der Waals surface area contributed by atoms with E-state index in [1.54, 1.807) is 42.5 Å². The Hall–Kier alpha value is -4.29. The third kappa shape index (κ3) is 7.12. The number of amides is 1. The molecule has 0 bridgehead atoms. The molecule has 0 aliphatic rings. The zero-order valence-electron chi connectivity index (χ0n) is 20.4. The summed E-state index contributed by atoms with van der Waals surface area (Å²) < 4.78 is 38.8. The summed E-state index contributed by atoms with van der Waals surface area (Å²) >= 11 is 0. The number of hydrogen-bond acceptors (Lipinski definition) is 8. The zero-order valence-corrected chi connectivity index (χ0v) is 21.2. The maximum atomic E-state index is 13.0. The summed E-state index contributed by atoms with van der Waals surface area (Å²) in [4.78, 5) is 23.6. The van der Waals surface area contributed by atoms with Crippen LogP contribution in [-0.4, -0.2) is 39.7 Å². The second kappa shape index (κ2) is 12.1. The molecule has 11 nitrogen and oxygen atoms in total. The van der Waals surface area contributed by atoms with Crippen molar-refractivity contribution in [1.29, 1.82) is 0 Å². The Labute approximate surface area is 214 Å². The first-order valence-corrected chi connectivity index (χ1v) is 12.5. The molecule has 0 aromatic heterocycles. The standard InChI is InChI=1S/C25H26N4O7S/c1-17-9-11-20(12-10-17)37(33,34)28-21(18-7-5-4-6-8-18)14-25(30)27-26-16-19-13-23(35-2)24(36-3)15-22(19)29(31)32/h4-13,15-16,21,28H,14H2,1-3H3,(H,27,30)/b26-16-/t21-/m0/s1. The lowest BCUT2D eigenvalue weighted by Crippen LogP contribution is -2.32. The normalized spacial score (nSPS) is 12.2. The molecular weight excluding hydrogens is 500 g/mol. The highest BCUT2D eigenvalue weighted by Crippen LogP contribution is 2.33. The monoisotopic (exact) mass is 526 g/mol. The zero-order chi connectivity index (χ0) is 27.0. The van der Waals surface area contributed by atoms with E-state index in [1.807, 2.05) is 6.92 Å². The Bertz CT molecular complexity index is 1390. The number of nitro groups is 1. The molecule has 0 unspecified atom stereocenters. The highest BCUT2D eigenvalue weighted by Gasteiger charge is 2.24. The van der Waals surface area contributed by atoms with Crippen molar-refractivity contribution in [1.82, 2.24) is 10.1 Å². The van der Waals surface area contributed by atoms with Crippen LogP contribution in [0.1, 0.15) is 29.2 Å². The number of carbonyl (C=O) groups excluding carboxylic acids is 1. The van der Waals surface area contributed by atoms with Gasteiger partial charge in [-0.15, -0.1) is 0 Å². The molecule has 0 spiro atoms. The molecule has 0 aliphatic carbocycles. The van der Waals surface area contributed by atoms with E-state index in [0.29, 0.717) is 5.56 Å². The van der Waals surface area contributed by atoms with E-state index in [0.717, 1.165) is 11.8 Å². The van der Waals surface area contributed by atoms with Crippen molar-refractivity contribution in [3.63, 3.8) is 0 Å². The van der Waals surface area contributed by atoms with Gasteiger partial charge in [-0.1, -0.05) is 48.0 Å². The van der Waals surface area contributed by atoms with Crippen molar-refractivity contribution in [3.8, 4) is 11.5 Å². The molecule has 0 heterocycles. The topological polar surface area (TPSA) is 149 Å². The average molecular weight is 527 g/mol. The molecule has 37 heavy (non-hydrogen) atoms. The maximum absolute atomic E-state index is 13.0. The van der Waals surface area contributed by atoms with Crippen LogP contribution in [0.15, 0.2) is 76.7 Å². The lowest BCUT2D eigenvalue weighted by molar-refractivity contribution is -0.385. The van der Waals surface area contributed by atoms with Gasteiger partial charge in [0, 0.05) is 6.42 Å². The van der Waals surface area contributed by atoms with Gasteiger partial charge < -0.3 is 9.47 Å². The largest absolute Gasteiger partial charge is 0.493 e. The number of sulfonamides is 1. The van der Waals surface area contributed by atoms with Gasteiger partial charge in [0.05, 0.1) is 47.9 Å². The molecule has 1 atom stereocenters. The first-order chi connectivity index (χ1) is 17.6. The van der Waals surface area contributed by atoms with Crippen LogP contribution in [0, 0.1) is 17.0 Å². The second-order valence-electron chi connectivity index (χ2n) is 7.92. The Morgan fingerprint density at radius 3 is 2.27 bits per heavy atom. The molecule has 3 aromatic rings. The molecular formula is C25H26N4O7S. The molecule has 3 aromatic carbocycles. The van der Waals surface area contributed by atoms with Crippen molar-refractivity contribution in [2.75, 3.05) is 14.2 Å². The van der Waals surface area contributed by atoms with Crippen LogP contribution < -0.4 is 19.6 Å². The van der Waals surface area contributed by atoms with Gasteiger partial charge in [0.25, 0.3) is 5.69 Å². The van der Waals surface area contributed by atoms with E-state index in [9.17, 15) is 23.3 Å². The summed E-state index contributed by atoms with van der Waals surface area (Å²) in [5.41, 5.74) is 3.55. The molecule has 12 heteroatoms. The lowest BCUT2D eigenvalue weighted by Gasteiger charge is -2.18. The summed E-state index contributed by atoms with van der Waals surface area (Å²) in [6, 6.07) is 16.6. The van der Waals surface area contributed by atoms with Gasteiger partial charge in [-0.05, 0) is 30.7 Å². The number of nitrogens with zero attached hydrogens (tertiary/aromatic N) is 2. The summed E-state index contributed by atoms with van der Waals surface area (Å²) in [5, 5.41) is 15.3. The summed E-state index contributed by atoms with van der Waals surface area (Å²) in [7, 11) is -1.20. The van der Waals surface area contributed by atoms with E-state index in [-0.39, 0.29) is 34.1 Å². The predicted octanol–water partition coefficient (Wildman–Crippen LogP) is 3.48. The van der Waals surface area contributed by atoms with Crippen LogP contribution in [0.3, 0.4) is 0 Å². The van der Waals surface area contributed by atoms with Gasteiger partial charge in [0.1, 0.15) is 0 Å². The van der Waals surface area contributed by atoms with Gasteiger partial charge in [0.2, 0.25) is 15.9 Å². The van der Waals surface area contributed by atoms with Crippen LogP contribution >= 0.6 is 0 Å². The molecule has 0 aliphatic heterocycles. The van der Waals surface area contributed by atoms with Crippen molar-refractivity contribution in [2.24, 2.45) is 5.10 Å². The minimum Gasteiger partial charge on any atom is -0.493 e. The highest BCUT2D eigenvalue weighted by atomic mass is 32.2. The fraction of sp³-hybridized carbons (Fsp3) is 0.200. The van der Waals surface area contributed by atoms with Crippen molar-refractivity contribution in [2.45, 2.75) is 24.3 Å². The van der Waals surface area contributed by atoms with Crippen LogP contribution in [0.4, 0.5) is 5.69 Å². The number of methoxy groups -OCH3 is 2. The number of hydrazone groups is 1. The SMILES string of the molecule is COc1cc(/C=N\NC(=O)C[C@H](NS(=O)(=O)c2ccc(C)cc2)c2ccccc2)c([N+](=O)[O-])cc1OC. The maximum Gasteiger partial charge on any atom is 0.282 e. The molecule has 0 fully saturated rings. The number of rotatable bonds is 11. The summed E-state index contributed by atoms with van der Waals surface area (Å²) in [6.07, 6.45) is 0.826. The summed E-state index contributed by atoms with van der Waals surface area (Å²) in [5.74, 6) is -0.197. The van der Waals surface area contributed by atoms with Gasteiger partial charge in [0.15, 0.2) is 11.5 Å². The van der Waals surface area contributed by atoms with Crippen LogP contribution in [0.2, 0.25) is 0 Å². The number of hydrogen-bond donors (Lipinski definition) is 2. The smallest absolute Gasteiger partial charge is 0.282 e. The molecule has 2 N–H and O–H groups in total. The molecule has 194 valence electrons. The van der Waals surface area contributed by atoms with Crippen LogP contribution in [-0.2, 0) is 14.8 Å². The Kier molecular flexibility index (Phi) is 8.93. The first kappa shape index (κ1) is 27.3. The van der Waals surface area contributed by atoms with Crippen LogP contribution in [0.25, 0.3) is 0 Å². The molecule has 1 amide bonds. The van der Waals surface area contributed by atoms with Crippen molar-refractivity contribution >= 4 is 27.8 Å². The van der Waals surface area contributed by atoms with Crippen molar-refractivity contribution < 1.29 is 27.6 Å². The lowest BCUT2D eigenvalue weighted by atomic mass is 10.0. The Morgan fingerprint density at radius 1 is 1.05 bits per heavy atom. The molecule has 3 rings (SSSR count). The number of carbonyl (C=O) groups is 1. The summed E-state index contributed by atoms with van der Waals surface area (Å²) in [6.45, 7) is 1.85. The van der Waals surface area contributed by atoms with E-state index < -0.39 is 26.9 Å². The van der Waals surface area contributed by atoms with E-state index in [2.05, 4.69) is 15.2 Å². The minimum absolute atomic E-state index is 0.0678. The quantitative estimate of drug-likeness (QED) is 0.221. The van der Waals surface area contributed by atoms with Gasteiger partial charge in [-0.3, -0.25) is 14.9 Å². The average Bonchev–Trinajstić information content (AvgIpc) is 2.88. The van der Waals surface area contributed by atoms with E-state index in [1.165, 1.54) is 38.5 Å². The molecule has 0 saturated heterocycles. The van der Waals surface area contributed by atoms with Crippen LogP contribution in [0.5, 0.6) is 11.5 Å². The third-order valence-corrected chi connectivity index (χ3v) is 6.83. The second-order valence-corrected chi connectivity index (χ2v) is 9.63. The van der Waals surface area contributed by atoms with E-state index in [4.69, 9.17) is 9.47 Å². The fourth-order valence-electron chi connectivity index (χ4n) is 3.44. The fourth-order valence-corrected chi connectivity index (χ4v) is 4.66. The first-order valence-electron chi connectivity index (χ1n) is 11.0. The van der Waals surface area contributed by atoms with Gasteiger partial charge >= 0.3 is 0 Å². The number of aryl methyl sites for hydroxylation is 1. The number of benzene rings is 3. The highest BCUT2D eigenvalue weighted by molar-refractivity contribution is 7.89. The Balaban J connectivity index is 1.79. The minimum atomic E-state index is -3.93. The number of ether oxygens (including phenoxy) is 2. The molecule has 0 radical (unpaired) electrons. The number of nitro benzene ring substituents is 1. The Morgan fingerprint density at radius 2 is 1.68 bits per heavy atom. The predicted molar refractivity (Wildman–Crippen MR) is 137 cm³/mol. The van der Waals surface area contributed by atoms with Crippen molar-refractivity contribution in [3.05, 3.63) is 93.5 Å².